The van der Waals surface area contributed by atoms with Crippen LogP contribution in [0.2, 0.25) is 0 Å². The lowest BCUT2D eigenvalue weighted by Crippen LogP contribution is -2.32. The van der Waals surface area contributed by atoms with Gasteiger partial charge in [-0.15, -0.1) is 0 Å². The van der Waals surface area contributed by atoms with E-state index in [1.165, 1.54) is 17.0 Å². The number of anilines is 2. The second kappa shape index (κ2) is 9.78. The highest BCUT2D eigenvalue weighted by atomic mass is 16.5. The van der Waals surface area contributed by atoms with Gasteiger partial charge in [0.05, 0.1) is 23.1 Å². The van der Waals surface area contributed by atoms with Gasteiger partial charge in [0.1, 0.15) is 11.5 Å². The largest absolute Gasteiger partial charge is 0.457 e. The molecule has 0 aromatic heterocycles. The fourth-order valence-electron chi connectivity index (χ4n) is 6.05. The van der Waals surface area contributed by atoms with Crippen molar-refractivity contribution in [3.63, 3.8) is 0 Å². The van der Waals surface area contributed by atoms with E-state index in [2.05, 4.69) is 5.32 Å². The normalized spacial score (nSPS) is 23.3. The second-order valence-corrected chi connectivity index (χ2v) is 10.0. The molecule has 0 unspecified atom stereocenters. The first-order valence-electron chi connectivity index (χ1n) is 12.8. The maximum atomic E-state index is 13.0. The van der Waals surface area contributed by atoms with E-state index in [1.807, 2.05) is 30.3 Å². The summed E-state index contributed by atoms with van der Waals surface area (Å²) in [4.78, 5) is 52.0. The number of ether oxygens (including phenoxy) is 2. The zero-order chi connectivity index (χ0) is 26.2. The first-order chi connectivity index (χ1) is 18.5. The fraction of sp³-hybridized carbons (Fsp3) is 0.267. The molecule has 3 aromatic carbocycles. The smallest absolute Gasteiger partial charge is 0.338 e. The summed E-state index contributed by atoms with van der Waals surface area (Å²) >= 11 is 0. The predicted molar refractivity (Wildman–Crippen MR) is 139 cm³/mol. The second-order valence-electron chi connectivity index (χ2n) is 10.0. The molecule has 192 valence electrons. The molecule has 3 aliphatic rings. The van der Waals surface area contributed by atoms with E-state index in [4.69, 9.17) is 9.47 Å². The van der Waals surface area contributed by atoms with Crippen molar-refractivity contribution in [1.82, 2.24) is 0 Å². The summed E-state index contributed by atoms with van der Waals surface area (Å²) in [6.45, 7) is -0.460. The van der Waals surface area contributed by atoms with Crippen LogP contribution in [-0.4, -0.2) is 30.3 Å². The lowest BCUT2D eigenvalue weighted by molar-refractivity contribution is -0.123. The summed E-state index contributed by atoms with van der Waals surface area (Å²) in [6, 6.07) is 22.3. The zero-order valence-electron chi connectivity index (χ0n) is 20.5. The minimum Gasteiger partial charge on any atom is -0.457 e. The topological polar surface area (TPSA) is 102 Å². The molecule has 8 heteroatoms. The summed E-state index contributed by atoms with van der Waals surface area (Å²) in [6.07, 6.45) is 3.02. The molecule has 2 bridgehead atoms. The molecule has 1 heterocycles. The molecule has 0 spiro atoms. The van der Waals surface area contributed by atoms with E-state index < -0.39 is 18.5 Å². The number of benzene rings is 3. The van der Waals surface area contributed by atoms with Gasteiger partial charge < -0.3 is 14.8 Å². The Morgan fingerprint density at radius 1 is 0.789 bits per heavy atom. The molecule has 2 aliphatic carbocycles. The van der Waals surface area contributed by atoms with Crippen LogP contribution in [0.5, 0.6) is 11.5 Å². The van der Waals surface area contributed by atoms with Gasteiger partial charge in [-0.3, -0.25) is 19.3 Å². The lowest BCUT2D eigenvalue weighted by atomic mass is 9.81. The van der Waals surface area contributed by atoms with E-state index in [9.17, 15) is 19.2 Å². The van der Waals surface area contributed by atoms with Crippen LogP contribution < -0.4 is 15.0 Å². The van der Waals surface area contributed by atoms with Gasteiger partial charge in [0.2, 0.25) is 11.8 Å². The van der Waals surface area contributed by atoms with Crippen molar-refractivity contribution < 1.29 is 28.7 Å². The molecule has 3 aromatic rings. The summed E-state index contributed by atoms with van der Waals surface area (Å²) in [5, 5.41) is 2.67. The number of para-hydroxylation sites is 1. The number of nitrogens with zero attached hydrogens (tertiary/aromatic N) is 1. The van der Waals surface area contributed by atoms with Crippen LogP contribution in [-0.2, 0) is 19.1 Å². The standard InChI is InChI=1S/C30H26N2O6/c33-25(31-21-10-14-24(15-11-21)38-23-4-2-1-3-5-23)17-37-30(36)18-8-12-22(13-9-18)32-28(34)26-19-6-7-20(16-19)27(26)29(32)35/h1-5,8-15,19-20,26-27H,6-7,16-17H2,(H,31,33)/t19-,20-,26-,27-/m0/s1. The van der Waals surface area contributed by atoms with Gasteiger partial charge >= 0.3 is 5.97 Å². The van der Waals surface area contributed by atoms with E-state index in [0.29, 0.717) is 34.7 Å². The van der Waals surface area contributed by atoms with Crippen LogP contribution in [0.15, 0.2) is 78.9 Å². The number of imide groups is 1. The predicted octanol–water partition coefficient (Wildman–Crippen LogP) is 4.81. The van der Waals surface area contributed by atoms with Gasteiger partial charge in [0, 0.05) is 5.69 Å². The average molecular weight is 511 g/mol. The van der Waals surface area contributed by atoms with Crippen LogP contribution >= 0.6 is 0 Å². The van der Waals surface area contributed by atoms with Crippen molar-refractivity contribution in [2.45, 2.75) is 19.3 Å². The maximum absolute atomic E-state index is 13.0. The number of carbonyl (C=O) groups excluding carboxylic acids is 4. The average Bonchev–Trinajstić information content (AvgIpc) is 3.63. The SMILES string of the molecule is O=C(COC(=O)c1ccc(N2C(=O)[C@H]3[C@H]4CC[C@@H](C4)[C@@H]3C2=O)cc1)Nc1ccc(Oc2ccccc2)cc1. The highest BCUT2D eigenvalue weighted by molar-refractivity contribution is 6.22. The Morgan fingerprint density at radius 2 is 1.39 bits per heavy atom. The zero-order valence-corrected chi connectivity index (χ0v) is 20.5. The number of fused-ring (bicyclic) bond motifs is 5. The molecule has 4 atom stereocenters. The minimum atomic E-state index is -0.674. The van der Waals surface area contributed by atoms with E-state index in [-0.39, 0.29) is 29.2 Å². The molecular formula is C30H26N2O6. The summed E-state index contributed by atoms with van der Waals surface area (Å²) in [5.41, 5.74) is 1.22. The van der Waals surface area contributed by atoms with Crippen molar-refractivity contribution in [2.24, 2.45) is 23.7 Å². The monoisotopic (exact) mass is 510 g/mol. The first-order valence-corrected chi connectivity index (χ1v) is 12.8. The van der Waals surface area contributed by atoms with Gasteiger partial charge in [-0.2, -0.15) is 0 Å². The Balaban J connectivity index is 1.01. The number of hydrogen-bond donors (Lipinski definition) is 1. The minimum absolute atomic E-state index is 0.126. The Kier molecular flexibility index (Phi) is 6.15. The van der Waals surface area contributed by atoms with Crippen LogP contribution in [0.4, 0.5) is 11.4 Å². The van der Waals surface area contributed by atoms with Gasteiger partial charge in [-0.05, 0) is 91.8 Å². The molecule has 1 saturated heterocycles. The molecule has 0 radical (unpaired) electrons. The molecule has 3 amide bonds. The van der Waals surface area contributed by atoms with Gasteiger partial charge in [-0.1, -0.05) is 18.2 Å². The molecule has 3 fully saturated rings. The number of amides is 3. The van der Waals surface area contributed by atoms with Crippen molar-refractivity contribution in [2.75, 3.05) is 16.8 Å². The van der Waals surface area contributed by atoms with Crippen molar-refractivity contribution >= 4 is 35.1 Å². The van der Waals surface area contributed by atoms with Gasteiger partial charge in [0.15, 0.2) is 6.61 Å². The third-order valence-corrected chi connectivity index (χ3v) is 7.74. The third-order valence-electron chi connectivity index (χ3n) is 7.74. The van der Waals surface area contributed by atoms with Crippen LogP contribution in [0.25, 0.3) is 0 Å². The fourth-order valence-corrected chi connectivity index (χ4v) is 6.05. The number of carbonyl (C=O) groups is 4. The molecule has 8 nitrogen and oxygen atoms in total. The Morgan fingerprint density at radius 3 is 2.03 bits per heavy atom. The number of esters is 1. The van der Waals surface area contributed by atoms with Gasteiger partial charge in [-0.25, -0.2) is 4.79 Å². The van der Waals surface area contributed by atoms with E-state index >= 15 is 0 Å². The number of nitrogens with one attached hydrogen (secondary N) is 1. The van der Waals surface area contributed by atoms with Crippen molar-refractivity contribution in [1.29, 1.82) is 0 Å². The van der Waals surface area contributed by atoms with Crippen LogP contribution in [0.3, 0.4) is 0 Å². The van der Waals surface area contributed by atoms with E-state index in [0.717, 1.165) is 19.3 Å². The Labute approximate surface area is 219 Å². The molecular weight excluding hydrogens is 484 g/mol. The quantitative estimate of drug-likeness (QED) is 0.362. The van der Waals surface area contributed by atoms with Crippen LogP contribution in [0, 0.1) is 23.7 Å². The van der Waals surface area contributed by atoms with Crippen molar-refractivity contribution in [3.8, 4) is 11.5 Å². The highest BCUT2D eigenvalue weighted by Gasteiger charge is 2.61. The van der Waals surface area contributed by atoms with Crippen molar-refractivity contribution in [3.05, 3.63) is 84.4 Å². The molecule has 1 N–H and O–H groups in total. The molecule has 38 heavy (non-hydrogen) atoms. The summed E-state index contributed by atoms with van der Waals surface area (Å²) in [5.74, 6) is 0.147. The Bertz CT molecular complexity index is 1360. The first kappa shape index (κ1) is 23.9. The third kappa shape index (κ3) is 4.42. The highest BCUT2D eigenvalue weighted by Crippen LogP contribution is 2.56. The maximum Gasteiger partial charge on any atom is 0.338 e. The summed E-state index contributed by atoms with van der Waals surface area (Å²) in [7, 11) is 0. The Hall–Kier alpha value is -4.46. The van der Waals surface area contributed by atoms with Gasteiger partial charge in [0.25, 0.3) is 5.91 Å². The molecule has 1 aliphatic heterocycles. The molecule has 2 saturated carbocycles. The molecule has 6 rings (SSSR count). The van der Waals surface area contributed by atoms with Crippen LogP contribution in [0.1, 0.15) is 29.6 Å². The number of hydrogen-bond acceptors (Lipinski definition) is 6. The lowest BCUT2D eigenvalue weighted by Gasteiger charge is -2.19. The number of rotatable bonds is 7. The van der Waals surface area contributed by atoms with E-state index in [1.54, 1.807) is 36.4 Å². The summed E-state index contributed by atoms with van der Waals surface area (Å²) < 4.78 is 10.9.